The minimum absolute atomic E-state index is 0.597. The van der Waals surface area contributed by atoms with Crippen LogP contribution in [0.3, 0.4) is 0 Å². The molecule has 0 saturated carbocycles. The van der Waals surface area contributed by atoms with Gasteiger partial charge in [0.05, 0.1) is 12.3 Å². The molecule has 0 amide bonds. The van der Waals surface area contributed by atoms with Crippen LogP contribution in [0.5, 0.6) is 5.75 Å². The summed E-state index contributed by atoms with van der Waals surface area (Å²) in [6.45, 7) is 4.49. The Kier molecular flexibility index (Phi) is 4.04. The van der Waals surface area contributed by atoms with Crippen molar-refractivity contribution in [3.8, 4) is 5.75 Å². The molecular weight excluding hydrogens is 246 g/mol. The van der Waals surface area contributed by atoms with Crippen LogP contribution in [0.2, 0.25) is 0 Å². The van der Waals surface area contributed by atoms with Crippen molar-refractivity contribution in [2.45, 2.75) is 23.9 Å². The molecule has 2 aromatic rings. The number of ether oxygens (including phenoxy) is 1. The van der Waals surface area contributed by atoms with Crippen molar-refractivity contribution in [3.63, 3.8) is 0 Å². The molecule has 2 N–H and O–H groups in total. The lowest BCUT2D eigenvalue weighted by molar-refractivity contribution is 0.341. The molecule has 0 aliphatic carbocycles. The molecular formula is C13H15N3OS. The Labute approximate surface area is 111 Å². The van der Waals surface area contributed by atoms with Crippen LogP contribution in [0.15, 0.2) is 40.6 Å². The summed E-state index contributed by atoms with van der Waals surface area (Å²) in [7, 11) is 0. The fourth-order valence-electron chi connectivity index (χ4n) is 1.40. The highest BCUT2D eigenvalue weighted by Gasteiger charge is 2.05. The van der Waals surface area contributed by atoms with Crippen molar-refractivity contribution in [2.24, 2.45) is 0 Å². The number of anilines is 1. The number of aromatic nitrogens is 2. The maximum absolute atomic E-state index is 5.82. The van der Waals surface area contributed by atoms with E-state index in [2.05, 4.69) is 9.97 Å². The summed E-state index contributed by atoms with van der Waals surface area (Å²) in [5.41, 5.74) is 7.52. The van der Waals surface area contributed by atoms with Gasteiger partial charge in [0.1, 0.15) is 5.75 Å². The molecule has 2 rings (SSSR count). The molecule has 0 aliphatic heterocycles. The fraction of sp³-hybridized carbons (Fsp3) is 0.231. The standard InChI is InChI=1S/C13H15N3OS/c1-3-17-12-6-10(4-5-11(12)14)18-13-15-7-9(2)8-16-13/h4-8H,3,14H2,1-2H3. The van der Waals surface area contributed by atoms with Crippen molar-refractivity contribution in [1.29, 1.82) is 0 Å². The number of nitrogen functional groups attached to an aromatic ring is 1. The topological polar surface area (TPSA) is 61.0 Å². The Morgan fingerprint density at radius 1 is 1.28 bits per heavy atom. The fourth-order valence-corrected chi connectivity index (χ4v) is 2.12. The second-order valence-electron chi connectivity index (χ2n) is 3.78. The zero-order chi connectivity index (χ0) is 13.0. The van der Waals surface area contributed by atoms with E-state index in [1.54, 1.807) is 12.4 Å². The summed E-state index contributed by atoms with van der Waals surface area (Å²) >= 11 is 1.49. The summed E-state index contributed by atoms with van der Waals surface area (Å²) in [5.74, 6) is 0.703. The molecule has 5 heteroatoms. The first-order valence-corrected chi connectivity index (χ1v) is 6.49. The molecule has 0 atom stereocenters. The Morgan fingerprint density at radius 3 is 2.67 bits per heavy atom. The zero-order valence-electron chi connectivity index (χ0n) is 10.4. The predicted octanol–water partition coefficient (Wildman–Crippen LogP) is 2.92. The van der Waals surface area contributed by atoms with Gasteiger partial charge in [0, 0.05) is 17.3 Å². The molecule has 94 valence electrons. The molecule has 0 saturated heterocycles. The summed E-state index contributed by atoms with van der Waals surface area (Å²) in [5, 5.41) is 0.716. The van der Waals surface area contributed by atoms with Crippen LogP contribution in [0.4, 0.5) is 5.69 Å². The van der Waals surface area contributed by atoms with Crippen molar-refractivity contribution in [1.82, 2.24) is 9.97 Å². The quantitative estimate of drug-likeness (QED) is 0.677. The van der Waals surface area contributed by atoms with Crippen LogP contribution < -0.4 is 10.5 Å². The van der Waals surface area contributed by atoms with Gasteiger partial charge in [-0.05, 0) is 49.4 Å². The molecule has 1 heterocycles. The molecule has 0 aliphatic rings. The van der Waals surface area contributed by atoms with Crippen molar-refractivity contribution in [2.75, 3.05) is 12.3 Å². The average Bonchev–Trinajstić information content (AvgIpc) is 2.37. The smallest absolute Gasteiger partial charge is 0.192 e. The first-order valence-electron chi connectivity index (χ1n) is 5.68. The van der Waals surface area contributed by atoms with Crippen molar-refractivity contribution < 1.29 is 4.74 Å². The van der Waals surface area contributed by atoms with Crippen LogP contribution in [-0.2, 0) is 0 Å². The Balaban J connectivity index is 2.18. The molecule has 1 aromatic carbocycles. The SMILES string of the molecule is CCOc1cc(Sc2ncc(C)cn2)ccc1N. The largest absolute Gasteiger partial charge is 0.492 e. The number of hydrogen-bond acceptors (Lipinski definition) is 5. The van der Waals surface area contributed by atoms with Crippen LogP contribution in [-0.4, -0.2) is 16.6 Å². The number of nitrogens with zero attached hydrogens (tertiary/aromatic N) is 2. The molecule has 0 bridgehead atoms. The van der Waals surface area contributed by atoms with E-state index < -0.39 is 0 Å². The average molecular weight is 261 g/mol. The van der Waals surface area contributed by atoms with E-state index in [0.717, 1.165) is 10.5 Å². The van der Waals surface area contributed by atoms with Gasteiger partial charge < -0.3 is 10.5 Å². The number of hydrogen-bond donors (Lipinski definition) is 1. The number of nitrogens with two attached hydrogens (primary N) is 1. The lowest BCUT2D eigenvalue weighted by Gasteiger charge is -2.08. The minimum Gasteiger partial charge on any atom is -0.492 e. The Hall–Kier alpha value is -1.75. The third-order valence-corrected chi connectivity index (χ3v) is 3.13. The molecule has 18 heavy (non-hydrogen) atoms. The monoisotopic (exact) mass is 261 g/mol. The van der Waals surface area contributed by atoms with E-state index >= 15 is 0 Å². The third kappa shape index (κ3) is 3.13. The van der Waals surface area contributed by atoms with Gasteiger partial charge in [-0.25, -0.2) is 9.97 Å². The van der Waals surface area contributed by atoms with E-state index in [0.29, 0.717) is 23.2 Å². The van der Waals surface area contributed by atoms with Crippen LogP contribution >= 0.6 is 11.8 Å². The zero-order valence-corrected chi connectivity index (χ0v) is 11.2. The minimum atomic E-state index is 0.597. The lowest BCUT2D eigenvalue weighted by Crippen LogP contribution is -1.96. The van der Waals surface area contributed by atoms with E-state index in [9.17, 15) is 0 Å². The molecule has 0 unspecified atom stereocenters. The van der Waals surface area contributed by atoms with Crippen molar-refractivity contribution in [3.05, 3.63) is 36.2 Å². The Bertz CT molecular complexity index is 528. The van der Waals surface area contributed by atoms with Crippen LogP contribution in [0.25, 0.3) is 0 Å². The number of rotatable bonds is 4. The highest BCUT2D eigenvalue weighted by atomic mass is 32.2. The second kappa shape index (κ2) is 5.73. The maximum Gasteiger partial charge on any atom is 0.192 e. The lowest BCUT2D eigenvalue weighted by atomic mass is 10.3. The van der Waals surface area contributed by atoms with Gasteiger partial charge in [0.15, 0.2) is 5.16 Å². The van der Waals surface area contributed by atoms with Gasteiger partial charge >= 0.3 is 0 Å². The summed E-state index contributed by atoms with van der Waals surface area (Å²) in [6.07, 6.45) is 3.60. The van der Waals surface area contributed by atoms with Gasteiger partial charge in [-0.3, -0.25) is 0 Å². The Morgan fingerprint density at radius 2 is 2.00 bits per heavy atom. The van der Waals surface area contributed by atoms with E-state index in [1.165, 1.54) is 11.8 Å². The highest BCUT2D eigenvalue weighted by molar-refractivity contribution is 7.99. The predicted molar refractivity (Wildman–Crippen MR) is 72.9 cm³/mol. The number of aryl methyl sites for hydroxylation is 1. The van der Waals surface area contributed by atoms with Crippen molar-refractivity contribution >= 4 is 17.4 Å². The molecule has 1 aromatic heterocycles. The molecule has 4 nitrogen and oxygen atoms in total. The third-order valence-electron chi connectivity index (χ3n) is 2.25. The van der Waals surface area contributed by atoms with E-state index in [1.807, 2.05) is 32.0 Å². The molecule has 0 fully saturated rings. The first-order chi connectivity index (χ1) is 8.69. The molecule has 0 radical (unpaired) electrons. The van der Waals surface area contributed by atoms with Gasteiger partial charge in [0.2, 0.25) is 0 Å². The normalized spacial score (nSPS) is 10.3. The summed E-state index contributed by atoms with van der Waals surface area (Å²) in [6, 6.07) is 5.68. The number of benzene rings is 1. The highest BCUT2D eigenvalue weighted by Crippen LogP contribution is 2.31. The van der Waals surface area contributed by atoms with Crippen LogP contribution in [0.1, 0.15) is 12.5 Å². The van der Waals surface area contributed by atoms with Crippen LogP contribution in [0, 0.1) is 6.92 Å². The summed E-state index contributed by atoms with van der Waals surface area (Å²) < 4.78 is 5.45. The second-order valence-corrected chi connectivity index (χ2v) is 4.82. The van der Waals surface area contributed by atoms with Gasteiger partial charge in [-0.2, -0.15) is 0 Å². The summed E-state index contributed by atoms with van der Waals surface area (Å²) in [4.78, 5) is 9.51. The van der Waals surface area contributed by atoms with Gasteiger partial charge in [-0.1, -0.05) is 0 Å². The first kappa shape index (κ1) is 12.7. The maximum atomic E-state index is 5.82. The molecule has 0 spiro atoms. The van der Waals surface area contributed by atoms with Gasteiger partial charge in [0.25, 0.3) is 0 Å². The van der Waals surface area contributed by atoms with E-state index in [4.69, 9.17) is 10.5 Å². The van der Waals surface area contributed by atoms with E-state index in [-0.39, 0.29) is 0 Å². The van der Waals surface area contributed by atoms with Gasteiger partial charge in [-0.15, -0.1) is 0 Å².